The molecule has 35 heavy (non-hydrogen) atoms. The first-order valence-corrected chi connectivity index (χ1v) is 12.2. The number of thiophene rings is 1. The molecule has 2 aromatic carbocycles. The molecule has 8 heteroatoms. The third kappa shape index (κ3) is 5.88. The average Bonchev–Trinajstić information content (AvgIpc) is 3.15. The van der Waals surface area contributed by atoms with Crippen molar-refractivity contribution in [2.45, 2.75) is 45.3 Å². The number of benzene rings is 2. The second-order valence-corrected chi connectivity index (χ2v) is 10.3. The summed E-state index contributed by atoms with van der Waals surface area (Å²) in [6, 6.07) is 21.4. The molecule has 0 spiro atoms. The highest BCUT2D eigenvalue weighted by atomic mass is 32.1. The summed E-state index contributed by atoms with van der Waals surface area (Å²) < 4.78 is 5.23. The van der Waals surface area contributed by atoms with Crippen LogP contribution in [0, 0.1) is 11.3 Å². The Balaban J connectivity index is 1.55. The molecule has 2 heterocycles. The first-order valence-electron chi connectivity index (χ1n) is 11.4. The minimum Gasteiger partial charge on any atom is -0.427 e. The molecule has 0 saturated carbocycles. The van der Waals surface area contributed by atoms with E-state index in [1.165, 1.54) is 16.4 Å². The zero-order valence-corrected chi connectivity index (χ0v) is 20.7. The molecular formula is C27H27N3O4S. The Morgan fingerprint density at radius 2 is 1.66 bits per heavy atom. The van der Waals surface area contributed by atoms with E-state index in [1.807, 2.05) is 60.7 Å². The number of nitriles is 1. The third-order valence-electron chi connectivity index (χ3n) is 5.49. The van der Waals surface area contributed by atoms with E-state index in [-0.39, 0.29) is 5.91 Å². The summed E-state index contributed by atoms with van der Waals surface area (Å²) in [6.45, 7) is 6.07. The highest BCUT2D eigenvalue weighted by Gasteiger charge is 2.30. The molecule has 0 fully saturated rings. The van der Waals surface area contributed by atoms with Crippen LogP contribution in [0.4, 0.5) is 9.80 Å². The number of anilines is 1. The number of fused-ring (bicyclic) bond motifs is 1. The summed E-state index contributed by atoms with van der Waals surface area (Å²) in [7, 11) is 0. The third-order valence-corrected chi connectivity index (χ3v) is 6.62. The first kappa shape index (κ1) is 24.5. The summed E-state index contributed by atoms with van der Waals surface area (Å²) in [5, 5.41) is 14.9. The van der Waals surface area contributed by atoms with E-state index in [1.54, 1.807) is 20.8 Å². The van der Waals surface area contributed by atoms with Crippen molar-refractivity contribution < 1.29 is 19.2 Å². The second kappa shape index (κ2) is 10.3. The van der Waals surface area contributed by atoms with Crippen LogP contribution in [0.5, 0.6) is 0 Å². The standard InChI is InChI=1S/C27H27N3O4S/c1-27(2,3)33-26(32)34-30-15-14-20-21(16-28)25(35-22(20)17-30)29-24(31)23(18-10-6-4-7-11-18)19-12-8-5-9-13-19/h4-13,23H,14-15,17H2,1-3H3,(H,29,31). The molecular weight excluding hydrogens is 462 g/mol. The highest BCUT2D eigenvalue weighted by Crippen LogP contribution is 2.38. The van der Waals surface area contributed by atoms with E-state index in [2.05, 4.69) is 11.4 Å². The number of rotatable bonds is 5. The van der Waals surface area contributed by atoms with Gasteiger partial charge in [0.25, 0.3) is 0 Å². The fourth-order valence-electron chi connectivity index (χ4n) is 4.01. The summed E-state index contributed by atoms with van der Waals surface area (Å²) in [5.41, 5.74) is 2.43. The van der Waals surface area contributed by atoms with Crippen molar-refractivity contribution >= 4 is 28.4 Å². The molecule has 0 atom stereocenters. The quantitative estimate of drug-likeness (QED) is 0.468. The van der Waals surface area contributed by atoms with Crippen molar-refractivity contribution in [2.24, 2.45) is 0 Å². The van der Waals surface area contributed by atoms with E-state index in [9.17, 15) is 14.9 Å². The molecule has 1 aromatic heterocycles. The van der Waals surface area contributed by atoms with Crippen molar-refractivity contribution in [3.63, 3.8) is 0 Å². The molecule has 0 unspecified atom stereocenters. The Morgan fingerprint density at radius 1 is 1.06 bits per heavy atom. The zero-order chi connectivity index (χ0) is 25.0. The van der Waals surface area contributed by atoms with Gasteiger partial charge in [0.15, 0.2) is 0 Å². The summed E-state index contributed by atoms with van der Waals surface area (Å²) in [5.74, 6) is -0.727. The molecule has 180 valence electrons. The van der Waals surface area contributed by atoms with Crippen molar-refractivity contribution in [2.75, 3.05) is 11.9 Å². The van der Waals surface area contributed by atoms with Crippen LogP contribution in [0.2, 0.25) is 0 Å². The van der Waals surface area contributed by atoms with E-state index in [0.29, 0.717) is 30.1 Å². The monoisotopic (exact) mass is 489 g/mol. The van der Waals surface area contributed by atoms with Gasteiger partial charge in [0, 0.05) is 11.4 Å². The Bertz CT molecular complexity index is 1200. The lowest BCUT2D eigenvalue weighted by atomic mass is 9.90. The van der Waals surface area contributed by atoms with Crippen molar-refractivity contribution in [1.82, 2.24) is 5.06 Å². The van der Waals surface area contributed by atoms with Gasteiger partial charge >= 0.3 is 6.16 Å². The lowest BCUT2D eigenvalue weighted by Crippen LogP contribution is -2.35. The topological polar surface area (TPSA) is 91.7 Å². The van der Waals surface area contributed by atoms with Crippen LogP contribution < -0.4 is 5.32 Å². The molecule has 0 saturated heterocycles. The van der Waals surface area contributed by atoms with Crippen LogP contribution in [-0.4, -0.2) is 29.3 Å². The van der Waals surface area contributed by atoms with Gasteiger partial charge in [0.05, 0.1) is 18.0 Å². The van der Waals surface area contributed by atoms with Gasteiger partial charge < -0.3 is 14.9 Å². The average molecular weight is 490 g/mol. The van der Waals surface area contributed by atoms with Crippen molar-refractivity contribution in [3.8, 4) is 6.07 Å². The van der Waals surface area contributed by atoms with E-state index in [4.69, 9.17) is 9.57 Å². The van der Waals surface area contributed by atoms with Crippen LogP contribution in [0.25, 0.3) is 0 Å². The van der Waals surface area contributed by atoms with Crippen LogP contribution in [0.3, 0.4) is 0 Å². The van der Waals surface area contributed by atoms with Crippen LogP contribution >= 0.6 is 11.3 Å². The second-order valence-electron chi connectivity index (χ2n) is 9.23. The normalized spacial score (nSPS) is 13.6. The molecule has 1 N–H and O–H groups in total. The molecule has 0 radical (unpaired) electrons. The van der Waals surface area contributed by atoms with Crippen molar-refractivity contribution in [3.05, 3.63) is 87.8 Å². The molecule has 7 nitrogen and oxygen atoms in total. The van der Waals surface area contributed by atoms with E-state index >= 15 is 0 Å². The number of nitrogens with one attached hydrogen (secondary N) is 1. The fourth-order valence-corrected chi connectivity index (χ4v) is 5.21. The number of hydrogen-bond donors (Lipinski definition) is 1. The number of carbonyl (C=O) groups excluding carboxylic acids is 2. The molecule has 1 amide bonds. The minimum atomic E-state index is -0.764. The highest BCUT2D eigenvalue weighted by molar-refractivity contribution is 7.16. The maximum Gasteiger partial charge on any atom is 0.528 e. The van der Waals surface area contributed by atoms with Crippen LogP contribution in [-0.2, 0) is 27.3 Å². The van der Waals surface area contributed by atoms with E-state index in [0.717, 1.165) is 21.6 Å². The molecule has 0 aliphatic carbocycles. The van der Waals surface area contributed by atoms with Crippen LogP contribution in [0.1, 0.15) is 53.8 Å². The van der Waals surface area contributed by atoms with Gasteiger partial charge in [-0.05, 0) is 43.9 Å². The Hall–Kier alpha value is -3.67. The number of hydrogen-bond acceptors (Lipinski definition) is 7. The first-order chi connectivity index (χ1) is 16.7. The van der Waals surface area contributed by atoms with E-state index < -0.39 is 17.7 Å². The van der Waals surface area contributed by atoms with Gasteiger partial charge in [-0.2, -0.15) is 5.26 Å². The molecule has 1 aliphatic rings. The molecule has 3 aromatic rings. The lowest BCUT2D eigenvalue weighted by molar-refractivity contribution is -0.150. The number of nitrogens with zero attached hydrogens (tertiary/aromatic N) is 2. The Kier molecular flexibility index (Phi) is 7.20. The number of hydroxylamine groups is 2. The van der Waals surface area contributed by atoms with Gasteiger partial charge in [-0.25, -0.2) is 4.79 Å². The SMILES string of the molecule is CC(C)(C)OC(=O)ON1CCc2c(sc(NC(=O)C(c3ccccc3)c3ccccc3)c2C#N)C1. The number of carbonyl (C=O) groups is 2. The number of amides is 1. The smallest absolute Gasteiger partial charge is 0.427 e. The molecule has 4 rings (SSSR count). The zero-order valence-electron chi connectivity index (χ0n) is 19.9. The summed E-state index contributed by atoms with van der Waals surface area (Å²) in [6.07, 6.45) is -0.242. The maximum atomic E-state index is 13.5. The fraction of sp³-hybridized carbons (Fsp3) is 0.296. The van der Waals surface area contributed by atoms with Gasteiger partial charge in [0.2, 0.25) is 5.91 Å². The summed E-state index contributed by atoms with van der Waals surface area (Å²) >= 11 is 1.34. The van der Waals surface area contributed by atoms with Gasteiger partial charge in [-0.15, -0.1) is 16.4 Å². The maximum absolute atomic E-state index is 13.5. The van der Waals surface area contributed by atoms with Crippen LogP contribution in [0.15, 0.2) is 60.7 Å². The lowest BCUT2D eigenvalue weighted by Gasteiger charge is -2.26. The van der Waals surface area contributed by atoms with Gasteiger partial charge in [-0.3, -0.25) is 4.79 Å². The van der Waals surface area contributed by atoms with Gasteiger partial charge in [-0.1, -0.05) is 60.7 Å². The molecule has 1 aliphatic heterocycles. The van der Waals surface area contributed by atoms with Gasteiger partial charge in [0.1, 0.15) is 16.7 Å². The predicted octanol–water partition coefficient (Wildman–Crippen LogP) is 5.62. The predicted molar refractivity (Wildman–Crippen MR) is 134 cm³/mol. The number of ether oxygens (including phenoxy) is 1. The van der Waals surface area contributed by atoms with Crippen molar-refractivity contribution in [1.29, 1.82) is 5.26 Å². The molecule has 0 bridgehead atoms. The minimum absolute atomic E-state index is 0.209. The Morgan fingerprint density at radius 3 is 2.20 bits per heavy atom. The Labute approximate surface area is 208 Å². The summed E-state index contributed by atoms with van der Waals surface area (Å²) in [4.78, 5) is 31.8. The largest absolute Gasteiger partial charge is 0.528 e.